The number of unbranched alkanes of at least 4 members (excludes halogenated alkanes) is 3. The van der Waals surface area contributed by atoms with Crippen molar-refractivity contribution in [1.82, 2.24) is 5.32 Å². The first-order valence-corrected chi connectivity index (χ1v) is 7.81. The lowest BCUT2D eigenvalue weighted by Crippen LogP contribution is -2.26. The summed E-state index contributed by atoms with van der Waals surface area (Å²) in [5, 5.41) is 6.72. The number of nitrogens with zero attached hydrogens (tertiary/aromatic N) is 2. The van der Waals surface area contributed by atoms with Gasteiger partial charge >= 0.3 is 0 Å². The molecule has 0 aliphatic rings. The molecule has 6 N–H and O–H groups in total. The van der Waals surface area contributed by atoms with Crippen LogP contribution in [0, 0.1) is 0 Å². The van der Waals surface area contributed by atoms with E-state index in [1.807, 2.05) is 19.2 Å². The molecule has 6 nitrogen and oxygen atoms in total. The lowest BCUT2D eigenvalue weighted by atomic mass is 10.2. The SMILES string of the molecule is CNCCCCCCN=C(N)N=C(N)Nc1ccc(Cl)cc1. The topological polar surface area (TPSA) is 101 Å². The highest BCUT2D eigenvalue weighted by Crippen LogP contribution is 2.12. The van der Waals surface area contributed by atoms with Gasteiger partial charge in [-0.05, 0) is 50.7 Å². The zero-order chi connectivity index (χ0) is 16.2. The van der Waals surface area contributed by atoms with Gasteiger partial charge in [-0.15, -0.1) is 0 Å². The molecule has 0 aliphatic heterocycles. The summed E-state index contributed by atoms with van der Waals surface area (Å²) in [5.74, 6) is 0.395. The molecule has 0 atom stereocenters. The molecule has 0 aromatic heterocycles. The fourth-order valence-corrected chi connectivity index (χ4v) is 1.95. The first-order valence-electron chi connectivity index (χ1n) is 7.43. The standard InChI is InChI=1S/C15H25ClN6/c1-19-10-4-2-3-5-11-20-14(17)22-15(18)21-13-8-6-12(16)7-9-13/h6-9,19H,2-5,10-11H2,1H3,(H5,17,18,20,21,22). The predicted octanol–water partition coefficient (Wildman–Crippen LogP) is 2.16. The molecule has 0 heterocycles. The van der Waals surface area contributed by atoms with Crippen LogP contribution in [0.1, 0.15) is 25.7 Å². The molecule has 0 radical (unpaired) electrons. The highest BCUT2D eigenvalue weighted by Gasteiger charge is 1.97. The van der Waals surface area contributed by atoms with Crippen molar-refractivity contribution in [3.05, 3.63) is 29.3 Å². The number of anilines is 1. The van der Waals surface area contributed by atoms with Crippen LogP contribution in [-0.4, -0.2) is 32.1 Å². The van der Waals surface area contributed by atoms with Gasteiger partial charge in [-0.3, -0.25) is 4.99 Å². The van der Waals surface area contributed by atoms with Crippen LogP contribution in [0.2, 0.25) is 5.02 Å². The zero-order valence-corrected chi connectivity index (χ0v) is 13.7. The number of benzene rings is 1. The molecule has 0 aliphatic carbocycles. The minimum absolute atomic E-state index is 0.189. The summed E-state index contributed by atoms with van der Waals surface area (Å²) >= 11 is 5.81. The fraction of sp³-hybridized carbons (Fsp3) is 0.467. The maximum Gasteiger partial charge on any atom is 0.218 e. The average molecular weight is 325 g/mol. The number of hydrogen-bond acceptors (Lipinski definition) is 2. The molecule has 22 heavy (non-hydrogen) atoms. The number of nitrogens with two attached hydrogens (primary N) is 2. The van der Waals surface area contributed by atoms with Gasteiger partial charge in [0.1, 0.15) is 0 Å². The van der Waals surface area contributed by atoms with Gasteiger partial charge in [0.25, 0.3) is 0 Å². The molecule has 0 saturated carbocycles. The Balaban J connectivity index is 2.30. The van der Waals surface area contributed by atoms with E-state index in [-0.39, 0.29) is 11.9 Å². The van der Waals surface area contributed by atoms with Crippen molar-refractivity contribution in [2.24, 2.45) is 21.5 Å². The lowest BCUT2D eigenvalue weighted by molar-refractivity contribution is 0.621. The van der Waals surface area contributed by atoms with Crippen molar-refractivity contribution in [3.63, 3.8) is 0 Å². The van der Waals surface area contributed by atoms with Gasteiger partial charge in [-0.25, -0.2) is 0 Å². The van der Waals surface area contributed by atoms with Crippen LogP contribution < -0.4 is 22.1 Å². The molecule has 0 saturated heterocycles. The van der Waals surface area contributed by atoms with E-state index in [9.17, 15) is 0 Å². The van der Waals surface area contributed by atoms with Crippen LogP contribution in [0.3, 0.4) is 0 Å². The van der Waals surface area contributed by atoms with Crippen molar-refractivity contribution in [3.8, 4) is 0 Å². The molecule has 0 spiro atoms. The number of aliphatic imine (C=N–C) groups is 2. The third-order valence-corrected chi connectivity index (χ3v) is 3.21. The van der Waals surface area contributed by atoms with Gasteiger partial charge in [-0.2, -0.15) is 4.99 Å². The first kappa shape index (κ1) is 18.3. The summed E-state index contributed by atoms with van der Waals surface area (Å²) in [5.41, 5.74) is 12.3. The minimum Gasteiger partial charge on any atom is -0.369 e. The van der Waals surface area contributed by atoms with E-state index in [0.29, 0.717) is 11.6 Å². The van der Waals surface area contributed by atoms with Crippen LogP contribution in [-0.2, 0) is 0 Å². The van der Waals surface area contributed by atoms with Crippen molar-refractivity contribution in [2.75, 3.05) is 25.5 Å². The lowest BCUT2D eigenvalue weighted by Gasteiger charge is -2.05. The summed E-state index contributed by atoms with van der Waals surface area (Å²) in [6.07, 6.45) is 4.52. The summed E-state index contributed by atoms with van der Waals surface area (Å²) in [6.45, 7) is 1.73. The van der Waals surface area contributed by atoms with Crippen LogP contribution in [0.5, 0.6) is 0 Å². The Kier molecular flexibility index (Phi) is 9.02. The fourth-order valence-electron chi connectivity index (χ4n) is 1.83. The van der Waals surface area contributed by atoms with Crippen molar-refractivity contribution in [1.29, 1.82) is 0 Å². The third kappa shape index (κ3) is 8.49. The molecule has 1 rings (SSSR count). The molecular weight excluding hydrogens is 300 g/mol. The molecule has 0 unspecified atom stereocenters. The minimum atomic E-state index is 0.189. The normalized spacial score (nSPS) is 12.5. The number of guanidine groups is 2. The monoisotopic (exact) mass is 324 g/mol. The molecule has 1 aromatic rings. The van der Waals surface area contributed by atoms with Crippen LogP contribution in [0.25, 0.3) is 0 Å². The molecule has 0 fully saturated rings. The second-order valence-electron chi connectivity index (χ2n) is 4.89. The van der Waals surface area contributed by atoms with E-state index >= 15 is 0 Å². The highest BCUT2D eigenvalue weighted by molar-refractivity contribution is 6.30. The Bertz CT molecular complexity index is 483. The molecular formula is C15H25ClN6. The Labute approximate surface area is 137 Å². The van der Waals surface area contributed by atoms with E-state index < -0.39 is 0 Å². The molecule has 0 amide bonds. The van der Waals surface area contributed by atoms with Crippen LogP contribution >= 0.6 is 11.6 Å². The van der Waals surface area contributed by atoms with Gasteiger partial charge in [-0.1, -0.05) is 24.4 Å². The summed E-state index contributed by atoms with van der Waals surface area (Å²) in [4.78, 5) is 8.20. The zero-order valence-electron chi connectivity index (χ0n) is 13.0. The first-order chi connectivity index (χ1) is 10.6. The Morgan fingerprint density at radius 3 is 2.45 bits per heavy atom. The van der Waals surface area contributed by atoms with Gasteiger partial charge in [0, 0.05) is 17.3 Å². The second kappa shape index (κ2) is 10.9. The van der Waals surface area contributed by atoms with Crippen molar-refractivity contribution >= 4 is 29.2 Å². The Morgan fingerprint density at radius 2 is 1.77 bits per heavy atom. The maximum absolute atomic E-state index is 5.81. The van der Waals surface area contributed by atoms with Crippen molar-refractivity contribution < 1.29 is 0 Å². The highest BCUT2D eigenvalue weighted by atomic mass is 35.5. The largest absolute Gasteiger partial charge is 0.369 e. The average Bonchev–Trinajstić information content (AvgIpc) is 2.48. The van der Waals surface area contributed by atoms with Crippen LogP contribution in [0.4, 0.5) is 5.69 Å². The third-order valence-electron chi connectivity index (χ3n) is 2.96. The molecule has 0 bridgehead atoms. The summed E-state index contributed by atoms with van der Waals surface area (Å²) < 4.78 is 0. The Hall–Kier alpha value is -1.79. The van der Waals surface area contributed by atoms with Gasteiger partial charge in [0.05, 0.1) is 0 Å². The molecule has 122 valence electrons. The van der Waals surface area contributed by atoms with E-state index in [1.54, 1.807) is 12.1 Å². The van der Waals surface area contributed by atoms with Crippen molar-refractivity contribution in [2.45, 2.75) is 25.7 Å². The number of rotatable bonds is 8. The predicted molar refractivity (Wildman–Crippen MR) is 95.6 cm³/mol. The summed E-state index contributed by atoms with van der Waals surface area (Å²) in [7, 11) is 1.96. The molecule has 7 heteroatoms. The van der Waals surface area contributed by atoms with Crippen LogP contribution in [0.15, 0.2) is 34.3 Å². The van der Waals surface area contributed by atoms with E-state index in [4.69, 9.17) is 23.1 Å². The van der Waals surface area contributed by atoms with Gasteiger partial charge < -0.3 is 22.1 Å². The van der Waals surface area contributed by atoms with Gasteiger partial charge in [0.15, 0.2) is 0 Å². The quantitative estimate of drug-likeness (QED) is 0.334. The van der Waals surface area contributed by atoms with E-state index in [2.05, 4.69) is 20.6 Å². The second-order valence-corrected chi connectivity index (χ2v) is 5.32. The number of hydrogen-bond donors (Lipinski definition) is 4. The van der Waals surface area contributed by atoms with E-state index in [1.165, 1.54) is 12.8 Å². The summed E-state index contributed by atoms with van der Waals surface area (Å²) in [6, 6.07) is 7.15. The van der Waals surface area contributed by atoms with E-state index in [0.717, 1.165) is 25.1 Å². The number of halogens is 1. The number of nitrogens with one attached hydrogen (secondary N) is 2. The Morgan fingerprint density at radius 1 is 1.09 bits per heavy atom. The molecule has 1 aromatic carbocycles. The van der Waals surface area contributed by atoms with Gasteiger partial charge in [0.2, 0.25) is 11.9 Å². The smallest absolute Gasteiger partial charge is 0.218 e. The maximum atomic E-state index is 5.81.